The Labute approximate surface area is 106 Å². The number of fused-ring (bicyclic) bond motifs is 1. The van der Waals surface area contributed by atoms with E-state index in [0.29, 0.717) is 5.41 Å². The first kappa shape index (κ1) is 11.2. The number of thiazole rings is 1. The largest absolute Gasteiger partial charge is 0.311 e. The van der Waals surface area contributed by atoms with Crippen molar-refractivity contribution in [2.75, 3.05) is 6.54 Å². The third-order valence-electron chi connectivity index (χ3n) is 3.78. The van der Waals surface area contributed by atoms with Crippen LogP contribution in [0.15, 0.2) is 5.38 Å². The van der Waals surface area contributed by atoms with Crippen LogP contribution in [0.1, 0.15) is 36.8 Å². The van der Waals surface area contributed by atoms with Crippen LogP contribution < -0.4 is 5.32 Å². The predicted octanol–water partition coefficient (Wildman–Crippen LogP) is 2.90. The maximum atomic E-state index is 4.61. The van der Waals surface area contributed by atoms with Crippen LogP contribution in [-0.4, -0.2) is 15.9 Å². The number of hydrogen-bond acceptors (Lipinski definition) is 3. The number of nitrogens with one attached hydrogen (secondary N) is 1. The molecule has 1 fully saturated rings. The molecule has 1 N–H and O–H groups in total. The fraction of sp³-hybridized carbons (Fsp3) is 0.615. The monoisotopic (exact) mass is 249 g/mol. The van der Waals surface area contributed by atoms with E-state index in [1.54, 1.807) is 11.3 Å². The Hall–Kier alpha value is -0.870. The standard InChI is InChI=1S/C13H19N3S/c1-9-7-17-12-15-10(2)11(16(9)12)6-14-8-13(3)4-5-13/h7,14H,4-6,8H2,1-3H3. The van der Waals surface area contributed by atoms with E-state index in [1.807, 2.05) is 0 Å². The van der Waals surface area contributed by atoms with Crippen molar-refractivity contribution in [2.45, 2.75) is 40.2 Å². The van der Waals surface area contributed by atoms with Crippen LogP contribution >= 0.6 is 11.3 Å². The van der Waals surface area contributed by atoms with E-state index in [4.69, 9.17) is 0 Å². The summed E-state index contributed by atoms with van der Waals surface area (Å²) in [6.45, 7) is 8.67. The summed E-state index contributed by atoms with van der Waals surface area (Å²) in [6.07, 6.45) is 2.75. The van der Waals surface area contributed by atoms with E-state index < -0.39 is 0 Å². The Bertz CT molecular complexity index is 548. The van der Waals surface area contributed by atoms with Crippen LogP contribution in [0.25, 0.3) is 4.96 Å². The van der Waals surface area contributed by atoms with E-state index in [0.717, 1.165) is 23.7 Å². The van der Waals surface area contributed by atoms with Gasteiger partial charge in [-0.15, -0.1) is 11.3 Å². The highest BCUT2D eigenvalue weighted by molar-refractivity contribution is 7.15. The summed E-state index contributed by atoms with van der Waals surface area (Å²) in [5, 5.41) is 5.76. The molecule has 0 aliphatic heterocycles. The lowest BCUT2D eigenvalue weighted by atomic mass is 10.1. The van der Waals surface area contributed by atoms with Gasteiger partial charge in [-0.1, -0.05) is 6.92 Å². The molecule has 0 spiro atoms. The van der Waals surface area contributed by atoms with Crippen molar-refractivity contribution in [1.29, 1.82) is 0 Å². The predicted molar refractivity (Wildman–Crippen MR) is 71.6 cm³/mol. The molecule has 0 unspecified atom stereocenters. The number of aromatic nitrogens is 2. The molecule has 1 aliphatic carbocycles. The first-order chi connectivity index (χ1) is 8.09. The summed E-state index contributed by atoms with van der Waals surface area (Å²) in [5.74, 6) is 0. The van der Waals surface area contributed by atoms with Gasteiger partial charge in [0.05, 0.1) is 11.4 Å². The lowest BCUT2D eigenvalue weighted by Crippen LogP contribution is -2.22. The second kappa shape index (κ2) is 3.82. The number of imidazole rings is 1. The summed E-state index contributed by atoms with van der Waals surface area (Å²) in [7, 11) is 0. The topological polar surface area (TPSA) is 29.3 Å². The first-order valence-electron chi connectivity index (χ1n) is 6.22. The Morgan fingerprint density at radius 1 is 1.47 bits per heavy atom. The summed E-state index contributed by atoms with van der Waals surface area (Å²) < 4.78 is 2.28. The molecule has 2 aromatic heterocycles. The van der Waals surface area contributed by atoms with Crippen LogP contribution in [-0.2, 0) is 6.54 Å². The number of aryl methyl sites for hydroxylation is 2. The molecule has 0 amide bonds. The molecule has 92 valence electrons. The van der Waals surface area contributed by atoms with Crippen LogP contribution in [0.3, 0.4) is 0 Å². The normalized spacial score (nSPS) is 17.8. The molecule has 0 radical (unpaired) electrons. The Kier molecular flexibility index (Phi) is 2.52. The van der Waals surface area contributed by atoms with Crippen molar-refractivity contribution >= 4 is 16.3 Å². The van der Waals surface area contributed by atoms with E-state index in [9.17, 15) is 0 Å². The fourth-order valence-electron chi connectivity index (χ4n) is 2.25. The van der Waals surface area contributed by atoms with E-state index in [-0.39, 0.29) is 0 Å². The summed E-state index contributed by atoms with van der Waals surface area (Å²) >= 11 is 1.72. The second-order valence-corrected chi connectivity index (χ2v) is 6.39. The van der Waals surface area contributed by atoms with Gasteiger partial charge < -0.3 is 5.32 Å². The molecule has 17 heavy (non-hydrogen) atoms. The molecule has 2 heterocycles. The summed E-state index contributed by atoms with van der Waals surface area (Å²) in [5.41, 5.74) is 4.35. The highest BCUT2D eigenvalue weighted by Gasteiger charge is 2.36. The maximum Gasteiger partial charge on any atom is 0.194 e. The third-order valence-corrected chi connectivity index (χ3v) is 4.72. The molecular formula is C13H19N3S. The van der Waals surface area contributed by atoms with Gasteiger partial charge in [0.1, 0.15) is 0 Å². The van der Waals surface area contributed by atoms with Crippen molar-refractivity contribution in [3.8, 4) is 0 Å². The molecule has 4 heteroatoms. The molecule has 0 saturated heterocycles. The smallest absolute Gasteiger partial charge is 0.194 e. The molecule has 0 aromatic carbocycles. The van der Waals surface area contributed by atoms with Crippen LogP contribution in [0, 0.1) is 19.3 Å². The van der Waals surface area contributed by atoms with Crippen LogP contribution in [0.2, 0.25) is 0 Å². The molecule has 3 rings (SSSR count). The first-order valence-corrected chi connectivity index (χ1v) is 7.10. The highest BCUT2D eigenvalue weighted by atomic mass is 32.1. The van der Waals surface area contributed by atoms with Gasteiger partial charge >= 0.3 is 0 Å². The minimum atomic E-state index is 0.571. The SMILES string of the molecule is Cc1nc2scc(C)n2c1CNCC1(C)CC1. The van der Waals surface area contributed by atoms with Gasteiger partial charge in [-0.25, -0.2) is 4.98 Å². The van der Waals surface area contributed by atoms with Crippen molar-refractivity contribution in [3.63, 3.8) is 0 Å². The third kappa shape index (κ3) is 2.00. The Balaban J connectivity index is 1.78. The van der Waals surface area contributed by atoms with Gasteiger partial charge in [0, 0.05) is 24.2 Å². The molecule has 2 aromatic rings. The Morgan fingerprint density at radius 3 is 2.94 bits per heavy atom. The number of hydrogen-bond donors (Lipinski definition) is 1. The Morgan fingerprint density at radius 2 is 2.24 bits per heavy atom. The minimum Gasteiger partial charge on any atom is -0.311 e. The molecule has 0 bridgehead atoms. The summed E-state index contributed by atoms with van der Waals surface area (Å²) in [4.78, 5) is 5.73. The molecule has 0 atom stereocenters. The minimum absolute atomic E-state index is 0.571. The van der Waals surface area contributed by atoms with E-state index in [2.05, 4.69) is 40.9 Å². The molecule has 3 nitrogen and oxygen atoms in total. The van der Waals surface area contributed by atoms with Gasteiger partial charge in [0.15, 0.2) is 4.96 Å². The average Bonchev–Trinajstić information content (AvgIpc) is 2.78. The quantitative estimate of drug-likeness (QED) is 0.903. The highest BCUT2D eigenvalue weighted by Crippen LogP contribution is 2.44. The van der Waals surface area contributed by atoms with Gasteiger partial charge in [0.2, 0.25) is 0 Å². The zero-order valence-electron chi connectivity index (χ0n) is 10.7. The van der Waals surface area contributed by atoms with Gasteiger partial charge in [-0.2, -0.15) is 0 Å². The zero-order valence-corrected chi connectivity index (χ0v) is 11.5. The van der Waals surface area contributed by atoms with Gasteiger partial charge in [-0.05, 0) is 32.1 Å². The second-order valence-electron chi connectivity index (χ2n) is 5.55. The molecule has 1 saturated carbocycles. The zero-order chi connectivity index (χ0) is 12.0. The van der Waals surface area contributed by atoms with Crippen molar-refractivity contribution in [3.05, 3.63) is 22.5 Å². The maximum absolute atomic E-state index is 4.61. The molecular weight excluding hydrogens is 230 g/mol. The number of rotatable bonds is 4. The molecule has 1 aliphatic rings. The van der Waals surface area contributed by atoms with Crippen molar-refractivity contribution < 1.29 is 0 Å². The van der Waals surface area contributed by atoms with Gasteiger partial charge in [0.25, 0.3) is 0 Å². The van der Waals surface area contributed by atoms with Crippen molar-refractivity contribution in [2.24, 2.45) is 5.41 Å². The van der Waals surface area contributed by atoms with Crippen LogP contribution in [0.4, 0.5) is 0 Å². The fourth-order valence-corrected chi connectivity index (χ4v) is 3.18. The number of nitrogens with zero attached hydrogens (tertiary/aromatic N) is 2. The lowest BCUT2D eigenvalue weighted by Gasteiger charge is -2.10. The van der Waals surface area contributed by atoms with Crippen molar-refractivity contribution in [1.82, 2.24) is 14.7 Å². The summed E-state index contributed by atoms with van der Waals surface area (Å²) in [6, 6.07) is 0. The van der Waals surface area contributed by atoms with Gasteiger partial charge in [-0.3, -0.25) is 4.40 Å². The van der Waals surface area contributed by atoms with Crippen LogP contribution in [0.5, 0.6) is 0 Å². The average molecular weight is 249 g/mol. The van der Waals surface area contributed by atoms with E-state index >= 15 is 0 Å². The van der Waals surface area contributed by atoms with E-state index in [1.165, 1.54) is 24.2 Å². The lowest BCUT2D eigenvalue weighted by molar-refractivity contribution is 0.495.